The number of thiazole rings is 1. The van der Waals surface area contributed by atoms with Crippen molar-refractivity contribution in [1.29, 1.82) is 0 Å². The van der Waals surface area contributed by atoms with Crippen LogP contribution in [-0.2, 0) is 12.7 Å². The van der Waals surface area contributed by atoms with Gasteiger partial charge in [0.05, 0.1) is 13.1 Å². The maximum atomic E-state index is 12.6. The lowest BCUT2D eigenvalue weighted by Gasteiger charge is -2.11. The summed E-state index contributed by atoms with van der Waals surface area (Å²) >= 11 is 6.74. The molecule has 0 atom stereocenters. The van der Waals surface area contributed by atoms with Crippen molar-refractivity contribution in [3.63, 3.8) is 0 Å². The third kappa shape index (κ3) is 8.52. The Balaban J connectivity index is 0.00000364. The van der Waals surface area contributed by atoms with Gasteiger partial charge in [0.1, 0.15) is 17.4 Å². The van der Waals surface area contributed by atoms with E-state index in [4.69, 9.17) is 16.3 Å². The summed E-state index contributed by atoms with van der Waals surface area (Å²) in [6.45, 7) is 3.44. The van der Waals surface area contributed by atoms with Crippen LogP contribution in [0, 0.1) is 0 Å². The average molecular weight is 535 g/mol. The minimum atomic E-state index is -4.43. The van der Waals surface area contributed by atoms with E-state index in [2.05, 4.69) is 20.6 Å². The zero-order valence-corrected chi connectivity index (χ0v) is 18.2. The number of nitrogens with one attached hydrogen (secondary N) is 2. The average Bonchev–Trinajstić information content (AvgIpc) is 3.07. The summed E-state index contributed by atoms with van der Waals surface area (Å²) in [5.41, 5.74) is -0.887. The molecule has 11 heteroatoms. The van der Waals surface area contributed by atoms with Gasteiger partial charge in [0.2, 0.25) is 0 Å². The molecule has 150 valence electrons. The molecule has 0 radical (unpaired) electrons. The summed E-state index contributed by atoms with van der Waals surface area (Å²) in [5.74, 6) is 1.18. The number of benzene rings is 1. The number of nitrogens with zero attached hydrogens (tertiary/aromatic N) is 2. The summed E-state index contributed by atoms with van der Waals surface area (Å²) < 4.78 is 43.2. The number of ether oxygens (including phenoxy) is 1. The summed E-state index contributed by atoms with van der Waals surface area (Å²) in [6.07, 6.45) is -4.43. The van der Waals surface area contributed by atoms with E-state index in [1.165, 1.54) is 0 Å². The molecule has 2 rings (SSSR count). The van der Waals surface area contributed by atoms with Gasteiger partial charge in [0.15, 0.2) is 11.7 Å². The number of aromatic nitrogens is 1. The van der Waals surface area contributed by atoms with Crippen molar-refractivity contribution < 1.29 is 17.9 Å². The van der Waals surface area contributed by atoms with Crippen molar-refractivity contribution in [2.45, 2.75) is 19.6 Å². The van der Waals surface area contributed by atoms with Gasteiger partial charge in [-0.3, -0.25) is 0 Å². The van der Waals surface area contributed by atoms with Crippen LogP contribution in [0.5, 0.6) is 5.75 Å². The number of halogens is 5. The first-order valence-corrected chi connectivity index (χ1v) is 9.06. The fourth-order valence-electron chi connectivity index (χ4n) is 1.87. The lowest BCUT2D eigenvalue weighted by molar-refractivity contribution is -0.140. The Morgan fingerprint density at radius 3 is 2.56 bits per heavy atom. The predicted molar refractivity (Wildman–Crippen MR) is 112 cm³/mol. The number of guanidine groups is 1. The van der Waals surface area contributed by atoms with Crippen LogP contribution in [-0.4, -0.2) is 30.6 Å². The number of rotatable bonds is 7. The molecular formula is C16H19ClF3IN4OS. The fourth-order valence-corrected chi connectivity index (χ4v) is 2.72. The van der Waals surface area contributed by atoms with Gasteiger partial charge in [-0.15, -0.1) is 35.3 Å². The van der Waals surface area contributed by atoms with E-state index in [1.807, 2.05) is 6.92 Å². The lowest BCUT2D eigenvalue weighted by atomic mass is 10.3. The number of aliphatic imine (C=N–C) groups is 1. The van der Waals surface area contributed by atoms with E-state index in [1.54, 1.807) is 24.3 Å². The lowest BCUT2D eigenvalue weighted by Crippen LogP contribution is -2.39. The van der Waals surface area contributed by atoms with Gasteiger partial charge in [0, 0.05) is 16.9 Å². The van der Waals surface area contributed by atoms with Crippen LogP contribution >= 0.6 is 46.9 Å². The van der Waals surface area contributed by atoms with Crippen LogP contribution in [0.25, 0.3) is 0 Å². The molecule has 27 heavy (non-hydrogen) atoms. The first-order valence-electron chi connectivity index (χ1n) is 7.80. The summed E-state index contributed by atoms with van der Waals surface area (Å²) in [6, 6.07) is 7.00. The second-order valence-electron chi connectivity index (χ2n) is 5.05. The Hall–Kier alpha value is -1.27. The maximum Gasteiger partial charge on any atom is 0.434 e. The van der Waals surface area contributed by atoms with E-state index >= 15 is 0 Å². The van der Waals surface area contributed by atoms with Gasteiger partial charge in [0.25, 0.3) is 0 Å². The number of hydrogen-bond acceptors (Lipinski definition) is 4. The van der Waals surface area contributed by atoms with Gasteiger partial charge in [-0.25, -0.2) is 9.98 Å². The molecule has 0 aliphatic rings. The zero-order valence-electron chi connectivity index (χ0n) is 14.3. The molecule has 2 N–H and O–H groups in total. The SMILES string of the molecule is CCNC(=NCc1nc(C(F)(F)F)cs1)NCCOc1ccc(Cl)cc1.I. The highest BCUT2D eigenvalue weighted by atomic mass is 127. The van der Waals surface area contributed by atoms with Crippen LogP contribution in [0.1, 0.15) is 17.6 Å². The monoisotopic (exact) mass is 534 g/mol. The quantitative estimate of drug-likeness (QED) is 0.237. The predicted octanol–water partition coefficient (Wildman–Crippen LogP) is 4.57. The van der Waals surface area contributed by atoms with E-state index in [9.17, 15) is 13.2 Å². The third-order valence-electron chi connectivity index (χ3n) is 3.04. The minimum Gasteiger partial charge on any atom is -0.492 e. The highest BCUT2D eigenvalue weighted by molar-refractivity contribution is 14.0. The molecule has 0 saturated heterocycles. The highest BCUT2D eigenvalue weighted by Crippen LogP contribution is 2.30. The minimum absolute atomic E-state index is 0. The van der Waals surface area contributed by atoms with Crippen LogP contribution < -0.4 is 15.4 Å². The summed E-state index contributed by atoms with van der Waals surface area (Å²) in [4.78, 5) is 7.79. The molecule has 1 aromatic carbocycles. The summed E-state index contributed by atoms with van der Waals surface area (Å²) in [7, 11) is 0. The van der Waals surface area contributed by atoms with Gasteiger partial charge in [-0.1, -0.05) is 11.6 Å². The highest BCUT2D eigenvalue weighted by Gasteiger charge is 2.33. The molecule has 1 aromatic heterocycles. The Morgan fingerprint density at radius 2 is 1.96 bits per heavy atom. The molecule has 0 aliphatic heterocycles. The third-order valence-corrected chi connectivity index (χ3v) is 4.12. The fraction of sp³-hybridized carbons (Fsp3) is 0.375. The second kappa shape index (κ2) is 11.5. The molecule has 2 aromatic rings. The standard InChI is InChI=1S/C16H18ClF3N4OS.HI/c1-2-21-15(22-7-8-25-12-5-3-11(17)4-6-12)23-9-14-24-13(10-26-14)16(18,19)20;/h3-6,10H,2,7-9H2,1H3,(H2,21,22,23);1H. The molecule has 0 saturated carbocycles. The van der Waals surface area contributed by atoms with Gasteiger partial charge < -0.3 is 15.4 Å². The first-order chi connectivity index (χ1) is 12.4. The van der Waals surface area contributed by atoms with Crippen molar-refractivity contribution >= 4 is 52.9 Å². The Labute approximate surface area is 181 Å². The van der Waals surface area contributed by atoms with Crippen LogP contribution in [0.15, 0.2) is 34.6 Å². The van der Waals surface area contributed by atoms with Gasteiger partial charge >= 0.3 is 6.18 Å². The van der Waals surface area contributed by atoms with Crippen molar-refractivity contribution in [3.8, 4) is 5.75 Å². The second-order valence-corrected chi connectivity index (χ2v) is 6.43. The number of hydrogen-bond donors (Lipinski definition) is 2. The summed E-state index contributed by atoms with van der Waals surface area (Å²) in [5, 5.41) is 7.99. The Kier molecular flexibility index (Phi) is 10.2. The van der Waals surface area contributed by atoms with Crippen molar-refractivity contribution in [1.82, 2.24) is 15.6 Å². The Morgan fingerprint density at radius 1 is 1.26 bits per heavy atom. The van der Waals surface area contributed by atoms with Crippen molar-refractivity contribution in [2.75, 3.05) is 19.7 Å². The smallest absolute Gasteiger partial charge is 0.434 e. The van der Waals surface area contributed by atoms with E-state index in [0.717, 1.165) is 16.7 Å². The molecule has 5 nitrogen and oxygen atoms in total. The van der Waals surface area contributed by atoms with Crippen molar-refractivity contribution in [2.24, 2.45) is 4.99 Å². The van der Waals surface area contributed by atoms with E-state index in [0.29, 0.717) is 41.4 Å². The molecular weight excluding hydrogens is 516 g/mol. The molecule has 0 fully saturated rings. The van der Waals surface area contributed by atoms with E-state index < -0.39 is 11.9 Å². The molecule has 0 spiro atoms. The number of alkyl halides is 3. The molecule has 0 unspecified atom stereocenters. The van der Waals surface area contributed by atoms with E-state index in [-0.39, 0.29) is 30.5 Å². The van der Waals surface area contributed by atoms with Crippen LogP contribution in [0.2, 0.25) is 5.02 Å². The first kappa shape index (κ1) is 23.8. The molecule has 0 aliphatic carbocycles. The zero-order chi connectivity index (χ0) is 19.0. The molecule has 1 heterocycles. The normalized spacial score (nSPS) is 11.7. The topological polar surface area (TPSA) is 58.5 Å². The van der Waals surface area contributed by atoms with Gasteiger partial charge in [-0.2, -0.15) is 13.2 Å². The van der Waals surface area contributed by atoms with Crippen LogP contribution in [0.3, 0.4) is 0 Å². The molecule has 0 bridgehead atoms. The van der Waals surface area contributed by atoms with Gasteiger partial charge in [-0.05, 0) is 31.2 Å². The largest absolute Gasteiger partial charge is 0.492 e. The van der Waals surface area contributed by atoms with Crippen molar-refractivity contribution in [3.05, 3.63) is 45.4 Å². The molecule has 0 amide bonds. The maximum absolute atomic E-state index is 12.6. The van der Waals surface area contributed by atoms with Crippen LogP contribution in [0.4, 0.5) is 13.2 Å². The Bertz CT molecular complexity index is 725.